The van der Waals surface area contributed by atoms with E-state index in [-0.39, 0.29) is 11.6 Å². The van der Waals surface area contributed by atoms with Crippen LogP contribution in [0.2, 0.25) is 0 Å². The molecule has 0 aromatic heterocycles. The van der Waals surface area contributed by atoms with Crippen LogP contribution in [-0.2, 0) is 22.8 Å². The molecule has 7 nitrogen and oxygen atoms in total. The van der Waals surface area contributed by atoms with Crippen LogP contribution in [0.5, 0.6) is 0 Å². The molecule has 0 rings (SSSR count). The molecule has 22 heavy (non-hydrogen) atoms. The van der Waals surface area contributed by atoms with Crippen molar-refractivity contribution in [2.75, 3.05) is 62.2 Å². The van der Waals surface area contributed by atoms with E-state index in [1.807, 2.05) is 6.92 Å². The third-order valence-corrected chi connectivity index (χ3v) is 6.61. The number of nitrogens with one attached hydrogen (secondary N) is 1. The highest BCUT2D eigenvalue weighted by molar-refractivity contribution is 6.62. The average Bonchev–Trinajstić information content (AvgIpc) is 2.46. The van der Waals surface area contributed by atoms with Gasteiger partial charge in [0.1, 0.15) is 13.2 Å². The van der Waals surface area contributed by atoms with Crippen LogP contribution in [0.4, 0.5) is 0 Å². The van der Waals surface area contributed by atoms with Crippen LogP contribution in [0.1, 0.15) is 19.8 Å². The zero-order valence-electron chi connectivity index (χ0n) is 15.1. The molecule has 132 valence electrons. The van der Waals surface area contributed by atoms with Crippen LogP contribution < -0.4 is 5.32 Å². The molecule has 1 atom stereocenters. The number of carbonyl (C=O) groups is 1. The molecule has 0 aliphatic heterocycles. The van der Waals surface area contributed by atoms with Gasteiger partial charge in [0.15, 0.2) is 0 Å². The van der Waals surface area contributed by atoms with E-state index in [2.05, 4.69) is 26.5 Å². The van der Waals surface area contributed by atoms with Crippen molar-refractivity contribution in [3.05, 3.63) is 0 Å². The van der Waals surface area contributed by atoms with Gasteiger partial charge in [0.2, 0.25) is 0 Å². The lowest BCUT2D eigenvalue weighted by Crippen LogP contribution is -2.60. The molecule has 8 heteroatoms. The number of hydrogen-bond donors (Lipinski definition) is 1. The van der Waals surface area contributed by atoms with E-state index >= 15 is 0 Å². The number of hydrogen-bond acceptors (Lipinski definition) is 6. The van der Waals surface area contributed by atoms with Crippen molar-refractivity contribution in [1.82, 2.24) is 5.32 Å². The van der Waals surface area contributed by atoms with E-state index in [1.165, 1.54) is 0 Å². The SMILES string of the molecule is CCC(NCCC(=O)OCC[N+](C)(C)C)[Si](OC)(OC)OC. The zero-order chi connectivity index (χ0) is 17.2. The maximum absolute atomic E-state index is 11.7. The molecule has 0 aromatic carbocycles. The number of rotatable bonds is 12. The predicted octanol–water partition coefficient (Wildman–Crippen LogP) is 0.411. The summed E-state index contributed by atoms with van der Waals surface area (Å²) in [6.45, 7) is 3.76. The summed E-state index contributed by atoms with van der Waals surface area (Å²) in [6.07, 6.45) is 1.10. The first kappa shape index (κ1) is 21.5. The molecule has 0 bridgehead atoms. The van der Waals surface area contributed by atoms with Crippen LogP contribution in [0.15, 0.2) is 0 Å². The molecule has 0 aliphatic carbocycles. The maximum Gasteiger partial charge on any atom is 0.517 e. The molecule has 0 spiro atoms. The van der Waals surface area contributed by atoms with Gasteiger partial charge in [0, 0.05) is 27.9 Å². The lowest BCUT2D eigenvalue weighted by Gasteiger charge is -2.32. The molecule has 0 saturated carbocycles. The Morgan fingerprint density at radius 3 is 2.09 bits per heavy atom. The highest BCUT2D eigenvalue weighted by Crippen LogP contribution is 2.14. The first-order valence-electron chi connectivity index (χ1n) is 7.59. The summed E-state index contributed by atoms with van der Waals surface area (Å²) in [4.78, 5) is 11.7. The maximum atomic E-state index is 11.7. The quantitative estimate of drug-likeness (QED) is 0.316. The second-order valence-corrected chi connectivity index (χ2v) is 9.24. The van der Waals surface area contributed by atoms with Gasteiger partial charge in [-0.3, -0.25) is 4.79 Å². The summed E-state index contributed by atoms with van der Waals surface area (Å²) in [5.41, 5.74) is -0.0495. The zero-order valence-corrected chi connectivity index (χ0v) is 16.1. The Morgan fingerprint density at radius 2 is 1.68 bits per heavy atom. The Bertz CT molecular complexity index is 311. The smallest absolute Gasteiger partial charge is 0.460 e. The van der Waals surface area contributed by atoms with Crippen molar-refractivity contribution in [3.63, 3.8) is 0 Å². The van der Waals surface area contributed by atoms with E-state index in [1.54, 1.807) is 21.3 Å². The third-order valence-electron chi connectivity index (χ3n) is 3.43. The molecular weight excluding hydrogens is 304 g/mol. The average molecular weight is 338 g/mol. The van der Waals surface area contributed by atoms with Crippen LogP contribution in [0.3, 0.4) is 0 Å². The molecule has 0 aliphatic rings. The fourth-order valence-electron chi connectivity index (χ4n) is 2.05. The van der Waals surface area contributed by atoms with Crippen molar-refractivity contribution in [3.8, 4) is 0 Å². The number of esters is 1. The molecule has 0 aromatic rings. The Balaban J connectivity index is 4.17. The van der Waals surface area contributed by atoms with Gasteiger partial charge in [-0.25, -0.2) is 0 Å². The topological polar surface area (TPSA) is 66.0 Å². The van der Waals surface area contributed by atoms with Crippen molar-refractivity contribution >= 4 is 14.8 Å². The summed E-state index contributed by atoms with van der Waals surface area (Å²) in [7, 11) is 8.21. The second kappa shape index (κ2) is 10.3. The van der Waals surface area contributed by atoms with Crippen LogP contribution in [0.25, 0.3) is 0 Å². The second-order valence-electron chi connectivity index (χ2n) is 6.12. The summed E-state index contributed by atoms with van der Waals surface area (Å²) in [6, 6.07) is 0. The van der Waals surface area contributed by atoms with E-state index in [9.17, 15) is 4.79 Å². The van der Waals surface area contributed by atoms with E-state index < -0.39 is 8.80 Å². The number of nitrogens with zero attached hydrogens (tertiary/aromatic N) is 1. The Morgan fingerprint density at radius 1 is 1.14 bits per heavy atom. The van der Waals surface area contributed by atoms with E-state index in [0.29, 0.717) is 19.6 Å². The molecule has 0 fully saturated rings. The number of carbonyl (C=O) groups excluding carboxylic acids is 1. The van der Waals surface area contributed by atoms with Crippen molar-refractivity contribution in [1.29, 1.82) is 0 Å². The first-order chi connectivity index (χ1) is 10.2. The van der Waals surface area contributed by atoms with Gasteiger partial charge in [0.05, 0.1) is 33.2 Å². The summed E-state index contributed by atoms with van der Waals surface area (Å²) in [5.74, 6) is -0.199. The highest BCUT2D eigenvalue weighted by atomic mass is 28.4. The summed E-state index contributed by atoms with van der Waals surface area (Å²) < 4.78 is 22.4. The van der Waals surface area contributed by atoms with Gasteiger partial charge in [-0.15, -0.1) is 0 Å². The number of ether oxygens (including phenoxy) is 1. The van der Waals surface area contributed by atoms with Crippen molar-refractivity contribution in [2.45, 2.75) is 25.4 Å². The van der Waals surface area contributed by atoms with Crippen molar-refractivity contribution in [2.24, 2.45) is 0 Å². The Labute approximate surface area is 135 Å². The van der Waals surface area contributed by atoms with E-state index in [4.69, 9.17) is 18.0 Å². The Hall–Kier alpha value is -0.513. The molecule has 0 radical (unpaired) electrons. The lowest BCUT2D eigenvalue weighted by atomic mass is 10.4. The van der Waals surface area contributed by atoms with Crippen LogP contribution in [0, 0.1) is 0 Å². The lowest BCUT2D eigenvalue weighted by molar-refractivity contribution is -0.870. The van der Waals surface area contributed by atoms with Gasteiger partial charge >= 0.3 is 14.8 Å². The fourth-order valence-corrected chi connectivity index (χ4v) is 4.30. The highest BCUT2D eigenvalue weighted by Gasteiger charge is 2.46. The molecule has 0 heterocycles. The van der Waals surface area contributed by atoms with Crippen LogP contribution >= 0.6 is 0 Å². The predicted molar refractivity (Wildman–Crippen MR) is 87.3 cm³/mol. The molecule has 1 N–H and O–H groups in total. The Kier molecular flexibility index (Phi) is 10.1. The minimum absolute atomic E-state index is 0.0495. The van der Waals surface area contributed by atoms with Gasteiger partial charge in [-0.2, -0.15) is 0 Å². The third kappa shape index (κ3) is 7.66. The standard InChI is InChI=1S/C14H33N2O5Si/c1-8-13(22(18-5,19-6)20-7)15-10-9-14(17)21-12-11-16(2,3)4/h13,15H,8-12H2,1-7H3/q+1. The largest absolute Gasteiger partial charge is 0.517 e. The molecule has 0 saturated heterocycles. The monoisotopic (exact) mass is 337 g/mol. The first-order valence-corrected chi connectivity index (χ1v) is 9.39. The fraction of sp³-hybridized carbons (Fsp3) is 0.929. The number of likely N-dealkylation sites (N-methyl/N-ethyl adjacent to an activating group) is 1. The molecular formula is C14H33N2O5Si+. The normalized spacial score (nSPS) is 14.0. The van der Waals surface area contributed by atoms with E-state index in [0.717, 1.165) is 17.4 Å². The van der Waals surface area contributed by atoms with Gasteiger partial charge in [0.25, 0.3) is 0 Å². The summed E-state index contributed by atoms with van der Waals surface area (Å²) >= 11 is 0. The van der Waals surface area contributed by atoms with Gasteiger partial charge in [-0.05, 0) is 6.42 Å². The summed E-state index contributed by atoms with van der Waals surface area (Å²) in [5, 5.41) is 3.28. The van der Waals surface area contributed by atoms with Crippen molar-refractivity contribution < 1.29 is 27.3 Å². The molecule has 0 amide bonds. The van der Waals surface area contributed by atoms with Gasteiger partial charge < -0.3 is 27.8 Å². The van der Waals surface area contributed by atoms with Crippen LogP contribution in [-0.4, -0.2) is 87.1 Å². The minimum atomic E-state index is -2.73. The minimum Gasteiger partial charge on any atom is -0.460 e. The van der Waals surface area contributed by atoms with Gasteiger partial charge in [-0.1, -0.05) is 6.92 Å². The number of quaternary nitrogens is 1. The molecule has 1 unspecified atom stereocenters.